The molecule has 1 aromatic heterocycles. The van der Waals surface area contributed by atoms with Crippen molar-refractivity contribution in [2.24, 2.45) is 16.9 Å². The molecule has 2 aliphatic heterocycles. The highest BCUT2D eigenvalue weighted by Gasteiger charge is 2.52. The van der Waals surface area contributed by atoms with Gasteiger partial charge in [-0.05, 0) is 62.5 Å². The van der Waals surface area contributed by atoms with Crippen molar-refractivity contribution in [1.29, 1.82) is 0 Å². The molecular formula is C23H32ClN7O2. The monoisotopic (exact) mass is 473 g/mol. The molecule has 3 aliphatic rings. The molecule has 9 nitrogen and oxygen atoms in total. The van der Waals surface area contributed by atoms with Crippen molar-refractivity contribution in [3.63, 3.8) is 0 Å². The Hall–Kier alpha value is -2.46. The van der Waals surface area contributed by atoms with Crippen LogP contribution in [0, 0.1) is 5.41 Å². The highest BCUT2D eigenvalue weighted by Crippen LogP contribution is 2.47. The number of nitrogens with one attached hydrogen (secondary N) is 1. The van der Waals surface area contributed by atoms with Crippen molar-refractivity contribution in [3.8, 4) is 5.69 Å². The van der Waals surface area contributed by atoms with Crippen LogP contribution < -0.4 is 22.5 Å². The molecule has 0 bridgehead atoms. The molecule has 33 heavy (non-hydrogen) atoms. The van der Waals surface area contributed by atoms with E-state index in [2.05, 4.69) is 15.2 Å². The van der Waals surface area contributed by atoms with E-state index < -0.39 is 5.69 Å². The Morgan fingerprint density at radius 2 is 1.73 bits per heavy atom. The Bertz CT molecular complexity index is 1040. The molecule has 5 N–H and O–H groups in total. The number of piperidine rings is 1. The zero-order valence-corrected chi connectivity index (χ0v) is 19.5. The molecule has 0 radical (unpaired) electrons. The summed E-state index contributed by atoms with van der Waals surface area (Å²) < 4.78 is 1.48. The van der Waals surface area contributed by atoms with E-state index in [-0.39, 0.29) is 35.7 Å². The van der Waals surface area contributed by atoms with Crippen molar-refractivity contribution >= 4 is 24.3 Å². The maximum absolute atomic E-state index is 12.6. The lowest BCUT2D eigenvalue weighted by Crippen LogP contribution is -2.67. The van der Waals surface area contributed by atoms with Gasteiger partial charge in [-0.2, -0.15) is 4.98 Å². The molecule has 10 heteroatoms. The van der Waals surface area contributed by atoms with Gasteiger partial charge >= 0.3 is 11.7 Å². The molecule has 178 valence electrons. The standard InChI is InChI=1S/C23H31N7O2.ClH/c24-17-5-8-28(9-6-17)13-16-1-3-19(4-2-16)30-10-7-20(27-22(30)32)26-21(31)29-14-23(15-29)11-18(25)12-23;/h1-4,7,10,17-18H,5-6,8-9,11-15,24-25H2,(H,26,27,31,32);1H. The Labute approximate surface area is 199 Å². The van der Waals surface area contributed by atoms with E-state index in [1.54, 1.807) is 17.2 Å². The first-order valence-corrected chi connectivity index (χ1v) is 11.4. The zero-order valence-electron chi connectivity index (χ0n) is 18.7. The minimum absolute atomic E-state index is 0. The summed E-state index contributed by atoms with van der Waals surface area (Å²) in [5.41, 5.74) is 13.6. The van der Waals surface area contributed by atoms with Gasteiger partial charge < -0.3 is 16.4 Å². The van der Waals surface area contributed by atoms with Crippen molar-refractivity contribution < 1.29 is 4.79 Å². The molecule has 2 aromatic rings. The SMILES string of the molecule is Cl.NC1CCN(Cc2ccc(-n3ccc(NC(=O)N4CC5(CC(N)C5)C4)nc3=O)cc2)CC1. The van der Waals surface area contributed by atoms with Crippen molar-refractivity contribution in [1.82, 2.24) is 19.4 Å². The molecule has 3 fully saturated rings. The number of carbonyl (C=O) groups is 1. The van der Waals surface area contributed by atoms with Gasteiger partial charge in [0.05, 0.1) is 5.69 Å². The number of urea groups is 1. The van der Waals surface area contributed by atoms with Crippen LogP contribution in [0.25, 0.3) is 5.69 Å². The van der Waals surface area contributed by atoms with Crippen LogP contribution in [0.2, 0.25) is 0 Å². The number of anilines is 1. The molecule has 0 atom stereocenters. The maximum atomic E-state index is 12.6. The van der Waals surface area contributed by atoms with Crippen LogP contribution >= 0.6 is 12.4 Å². The lowest BCUT2D eigenvalue weighted by Gasteiger charge is -2.58. The fraction of sp³-hybridized carbons (Fsp3) is 0.522. The topological polar surface area (TPSA) is 123 Å². The van der Waals surface area contributed by atoms with Gasteiger partial charge in [-0.15, -0.1) is 12.4 Å². The smallest absolute Gasteiger partial charge is 0.328 e. The fourth-order valence-electron chi connectivity index (χ4n) is 5.21. The first kappa shape index (κ1) is 23.7. The summed E-state index contributed by atoms with van der Waals surface area (Å²) in [4.78, 5) is 33.2. The summed E-state index contributed by atoms with van der Waals surface area (Å²) in [5, 5.41) is 2.74. The van der Waals surface area contributed by atoms with Crippen LogP contribution in [0.4, 0.5) is 10.6 Å². The highest BCUT2D eigenvalue weighted by atomic mass is 35.5. The number of hydrogen-bond donors (Lipinski definition) is 3. The fourth-order valence-corrected chi connectivity index (χ4v) is 5.21. The number of rotatable bonds is 4. The van der Waals surface area contributed by atoms with E-state index in [0.29, 0.717) is 6.04 Å². The molecule has 2 amide bonds. The number of benzene rings is 1. The molecule has 1 spiro atoms. The first-order valence-electron chi connectivity index (χ1n) is 11.4. The number of nitrogens with two attached hydrogens (primary N) is 2. The molecule has 1 aromatic carbocycles. The molecule has 1 aliphatic carbocycles. The van der Waals surface area contributed by atoms with Gasteiger partial charge in [0.25, 0.3) is 0 Å². The Balaban J connectivity index is 0.00000259. The lowest BCUT2D eigenvalue weighted by molar-refractivity contribution is -0.0418. The largest absolute Gasteiger partial charge is 0.354 e. The third-order valence-electron chi connectivity index (χ3n) is 7.02. The van der Waals surface area contributed by atoms with E-state index in [9.17, 15) is 9.59 Å². The molecule has 1 saturated carbocycles. The van der Waals surface area contributed by atoms with Gasteiger partial charge in [0.15, 0.2) is 0 Å². The lowest BCUT2D eigenvalue weighted by atomic mass is 9.61. The third-order valence-corrected chi connectivity index (χ3v) is 7.02. The molecule has 5 rings (SSSR count). The minimum Gasteiger partial charge on any atom is -0.328 e. The van der Waals surface area contributed by atoms with Crippen LogP contribution in [0.5, 0.6) is 0 Å². The van der Waals surface area contributed by atoms with Crippen LogP contribution in [0.1, 0.15) is 31.2 Å². The normalized spacial score (nSPS) is 20.6. The second-order valence-electron chi connectivity index (χ2n) is 9.70. The predicted octanol–water partition coefficient (Wildman–Crippen LogP) is 1.53. The second kappa shape index (κ2) is 9.42. The van der Waals surface area contributed by atoms with Crippen LogP contribution in [0.3, 0.4) is 0 Å². The van der Waals surface area contributed by atoms with Crippen LogP contribution in [-0.4, -0.2) is 63.6 Å². The molecule has 0 unspecified atom stereocenters. The summed E-state index contributed by atoms with van der Waals surface area (Å²) in [5.74, 6) is 0.266. The number of aromatic nitrogens is 2. The summed E-state index contributed by atoms with van der Waals surface area (Å²) in [6, 6.07) is 9.96. The van der Waals surface area contributed by atoms with Crippen molar-refractivity contribution in [2.75, 3.05) is 31.5 Å². The average molecular weight is 474 g/mol. The first-order chi connectivity index (χ1) is 15.4. The number of likely N-dealkylation sites (tertiary alicyclic amines) is 2. The molecule has 3 heterocycles. The van der Waals surface area contributed by atoms with Gasteiger partial charge in [-0.1, -0.05) is 12.1 Å². The predicted molar refractivity (Wildman–Crippen MR) is 130 cm³/mol. The van der Waals surface area contributed by atoms with E-state index >= 15 is 0 Å². The average Bonchev–Trinajstić information content (AvgIpc) is 2.72. The Morgan fingerprint density at radius 3 is 2.33 bits per heavy atom. The zero-order chi connectivity index (χ0) is 22.3. The number of carbonyl (C=O) groups excluding carboxylic acids is 1. The maximum Gasteiger partial charge on any atom is 0.354 e. The van der Waals surface area contributed by atoms with Crippen LogP contribution in [0.15, 0.2) is 41.3 Å². The van der Waals surface area contributed by atoms with E-state index in [1.807, 2.05) is 24.3 Å². The Morgan fingerprint density at radius 1 is 1.06 bits per heavy atom. The van der Waals surface area contributed by atoms with Gasteiger partial charge in [-0.25, -0.2) is 9.59 Å². The van der Waals surface area contributed by atoms with Gasteiger partial charge in [0.1, 0.15) is 5.82 Å². The number of halogens is 1. The molecular weight excluding hydrogens is 442 g/mol. The van der Waals surface area contributed by atoms with Crippen molar-refractivity contribution in [2.45, 2.75) is 44.3 Å². The van der Waals surface area contributed by atoms with Gasteiger partial charge in [0.2, 0.25) is 0 Å². The number of amides is 2. The van der Waals surface area contributed by atoms with Crippen molar-refractivity contribution in [3.05, 3.63) is 52.6 Å². The highest BCUT2D eigenvalue weighted by molar-refractivity contribution is 5.89. The van der Waals surface area contributed by atoms with Gasteiger partial charge in [0, 0.05) is 43.3 Å². The number of nitrogens with zero attached hydrogens (tertiary/aromatic N) is 4. The molecule has 2 saturated heterocycles. The van der Waals surface area contributed by atoms with Crippen LogP contribution in [-0.2, 0) is 6.54 Å². The summed E-state index contributed by atoms with van der Waals surface area (Å²) in [6.07, 6.45) is 5.68. The quantitative estimate of drug-likeness (QED) is 0.619. The summed E-state index contributed by atoms with van der Waals surface area (Å²) in [7, 11) is 0. The van der Waals surface area contributed by atoms with Gasteiger partial charge in [-0.3, -0.25) is 14.8 Å². The van der Waals surface area contributed by atoms with E-state index in [4.69, 9.17) is 11.5 Å². The van der Waals surface area contributed by atoms with E-state index in [1.165, 1.54) is 10.1 Å². The number of hydrogen-bond acceptors (Lipinski definition) is 6. The third kappa shape index (κ3) is 5.06. The Kier molecular flexibility index (Phi) is 6.76. The second-order valence-corrected chi connectivity index (χ2v) is 9.70. The minimum atomic E-state index is -0.425. The summed E-state index contributed by atoms with van der Waals surface area (Å²) in [6.45, 7) is 4.37. The summed E-state index contributed by atoms with van der Waals surface area (Å²) >= 11 is 0. The van der Waals surface area contributed by atoms with E-state index in [0.717, 1.165) is 64.1 Å².